The Hall–Kier alpha value is -1.20. The van der Waals surface area contributed by atoms with Crippen LogP contribution < -0.4 is 4.90 Å². The Labute approximate surface area is 148 Å². The number of para-hydroxylation sites is 1. The fraction of sp³-hybridized carbons (Fsp3) is 0.700. The van der Waals surface area contributed by atoms with Crippen LogP contribution in [0.25, 0.3) is 0 Å². The number of likely N-dealkylation sites (tertiary alicyclic amines) is 1. The molecule has 0 saturated carbocycles. The third kappa shape index (κ3) is 3.41. The van der Waals surface area contributed by atoms with E-state index in [1.165, 1.54) is 0 Å². The van der Waals surface area contributed by atoms with E-state index in [4.69, 9.17) is 4.74 Å². The first-order valence-electron chi connectivity index (χ1n) is 9.56. The van der Waals surface area contributed by atoms with Crippen LogP contribution in [-0.4, -0.2) is 56.8 Å². The van der Waals surface area contributed by atoms with Crippen molar-refractivity contribution in [2.75, 3.05) is 50.8 Å². The van der Waals surface area contributed by atoms with Gasteiger partial charge in [0.2, 0.25) is 0 Å². The summed E-state index contributed by atoms with van der Waals surface area (Å²) in [5.41, 5.74) is 0.170. The highest BCUT2D eigenvalue weighted by atomic mass is 19.3. The molecule has 3 heterocycles. The van der Waals surface area contributed by atoms with Crippen LogP contribution in [0, 0.1) is 11.3 Å². The van der Waals surface area contributed by atoms with Crippen LogP contribution in [0.1, 0.15) is 25.7 Å². The molecule has 0 aliphatic carbocycles. The van der Waals surface area contributed by atoms with Crippen molar-refractivity contribution in [3.63, 3.8) is 0 Å². The summed E-state index contributed by atoms with van der Waals surface area (Å²) in [4.78, 5) is 4.45. The zero-order valence-electron chi connectivity index (χ0n) is 14.8. The summed E-state index contributed by atoms with van der Waals surface area (Å²) in [5, 5.41) is 0. The van der Waals surface area contributed by atoms with Gasteiger partial charge in [0, 0.05) is 58.0 Å². The van der Waals surface area contributed by atoms with Crippen LogP contribution in [-0.2, 0) is 4.74 Å². The minimum absolute atomic E-state index is 0.00114. The monoisotopic (exact) mass is 350 g/mol. The molecule has 3 aliphatic rings. The number of benzene rings is 1. The van der Waals surface area contributed by atoms with Gasteiger partial charge in [-0.05, 0) is 37.3 Å². The van der Waals surface area contributed by atoms with E-state index in [1.54, 1.807) is 0 Å². The van der Waals surface area contributed by atoms with Gasteiger partial charge in [-0.2, -0.15) is 0 Å². The summed E-state index contributed by atoms with van der Waals surface area (Å²) in [6.07, 6.45) is 2.71. The van der Waals surface area contributed by atoms with Gasteiger partial charge < -0.3 is 14.5 Å². The SMILES string of the molecule is FC1(F)CCN(CC2CCOCC2)CC12CCN(c1ccccc1)C2. The molecular weight excluding hydrogens is 322 g/mol. The number of rotatable bonds is 3. The van der Waals surface area contributed by atoms with Gasteiger partial charge in [0.1, 0.15) is 0 Å². The van der Waals surface area contributed by atoms with Crippen LogP contribution in [0.2, 0.25) is 0 Å². The van der Waals surface area contributed by atoms with E-state index in [0.717, 1.165) is 44.8 Å². The average molecular weight is 350 g/mol. The van der Waals surface area contributed by atoms with Crippen molar-refractivity contribution >= 4 is 5.69 Å². The number of anilines is 1. The minimum Gasteiger partial charge on any atom is -0.381 e. The van der Waals surface area contributed by atoms with Gasteiger partial charge in [-0.25, -0.2) is 8.78 Å². The second-order valence-electron chi connectivity index (χ2n) is 8.03. The molecular formula is C20H28F2N2O. The van der Waals surface area contributed by atoms with Gasteiger partial charge in [-0.3, -0.25) is 0 Å². The summed E-state index contributed by atoms with van der Waals surface area (Å²) < 4.78 is 35.3. The van der Waals surface area contributed by atoms with Gasteiger partial charge in [0.15, 0.2) is 0 Å². The lowest BCUT2D eigenvalue weighted by Crippen LogP contribution is -2.57. The van der Waals surface area contributed by atoms with Crippen LogP contribution in [0.4, 0.5) is 14.5 Å². The lowest BCUT2D eigenvalue weighted by Gasteiger charge is -2.47. The van der Waals surface area contributed by atoms with Gasteiger partial charge in [0.05, 0.1) is 5.41 Å². The number of nitrogens with zero attached hydrogens (tertiary/aromatic N) is 2. The first kappa shape index (κ1) is 17.2. The van der Waals surface area contributed by atoms with E-state index >= 15 is 0 Å². The molecule has 1 spiro atoms. The van der Waals surface area contributed by atoms with E-state index in [2.05, 4.69) is 9.80 Å². The maximum Gasteiger partial charge on any atom is 0.257 e. The Balaban J connectivity index is 1.46. The fourth-order valence-electron chi connectivity index (χ4n) is 4.80. The number of alkyl halides is 2. The quantitative estimate of drug-likeness (QED) is 0.828. The van der Waals surface area contributed by atoms with Gasteiger partial charge >= 0.3 is 0 Å². The molecule has 0 radical (unpaired) electrons. The largest absolute Gasteiger partial charge is 0.381 e. The van der Waals surface area contributed by atoms with E-state index in [-0.39, 0.29) is 6.42 Å². The molecule has 138 valence electrons. The standard InChI is InChI=1S/C20H28F2N2O/c21-20(22)9-10-23(14-17-6-12-25-13-7-17)15-19(20)8-11-24(16-19)18-4-2-1-3-5-18/h1-5,17H,6-16H2. The molecule has 25 heavy (non-hydrogen) atoms. The van der Waals surface area contributed by atoms with Gasteiger partial charge in [-0.1, -0.05) is 18.2 Å². The Morgan fingerprint density at radius 2 is 1.76 bits per heavy atom. The maximum absolute atomic E-state index is 14.9. The molecule has 1 unspecified atom stereocenters. The second-order valence-corrected chi connectivity index (χ2v) is 8.03. The predicted molar refractivity (Wildman–Crippen MR) is 95.3 cm³/mol. The molecule has 5 heteroatoms. The van der Waals surface area contributed by atoms with E-state index in [9.17, 15) is 8.78 Å². The van der Waals surface area contributed by atoms with Crippen LogP contribution in [0.5, 0.6) is 0 Å². The lowest BCUT2D eigenvalue weighted by atomic mass is 9.75. The Kier molecular flexibility index (Phi) is 4.71. The summed E-state index contributed by atoms with van der Waals surface area (Å²) in [7, 11) is 0. The highest BCUT2D eigenvalue weighted by molar-refractivity contribution is 5.47. The van der Waals surface area contributed by atoms with Crippen molar-refractivity contribution < 1.29 is 13.5 Å². The highest BCUT2D eigenvalue weighted by Crippen LogP contribution is 2.50. The Morgan fingerprint density at radius 1 is 1.00 bits per heavy atom. The molecule has 1 atom stereocenters. The molecule has 3 aliphatic heterocycles. The molecule has 3 fully saturated rings. The third-order valence-corrected chi connectivity index (χ3v) is 6.38. The molecule has 0 N–H and O–H groups in total. The zero-order chi connectivity index (χ0) is 17.3. The molecule has 4 rings (SSSR count). The first-order chi connectivity index (χ1) is 12.1. The topological polar surface area (TPSA) is 15.7 Å². The average Bonchev–Trinajstić information content (AvgIpc) is 3.06. The molecule has 1 aromatic rings. The van der Waals surface area contributed by atoms with Crippen LogP contribution in [0.3, 0.4) is 0 Å². The predicted octanol–water partition coefficient (Wildman–Crippen LogP) is 3.65. The first-order valence-corrected chi connectivity index (χ1v) is 9.56. The van der Waals surface area contributed by atoms with Crippen molar-refractivity contribution in [1.29, 1.82) is 0 Å². The lowest BCUT2D eigenvalue weighted by molar-refractivity contribution is -0.159. The van der Waals surface area contributed by atoms with Crippen molar-refractivity contribution in [2.24, 2.45) is 11.3 Å². The molecule has 0 bridgehead atoms. The normalized spacial score (nSPS) is 30.9. The molecule has 3 nitrogen and oxygen atoms in total. The highest BCUT2D eigenvalue weighted by Gasteiger charge is 2.59. The number of hydrogen-bond donors (Lipinski definition) is 0. The van der Waals surface area contributed by atoms with Crippen LogP contribution >= 0.6 is 0 Å². The molecule has 1 aromatic carbocycles. The smallest absolute Gasteiger partial charge is 0.257 e. The van der Waals surface area contributed by atoms with Crippen LogP contribution in [0.15, 0.2) is 30.3 Å². The fourth-order valence-corrected chi connectivity index (χ4v) is 4.80. The Morgan fingerprint density at radius 3 is 2.52 bits per heavy atom. The van der Waals surface area contributed by atoms with Crippen molar-refractivity contribution in [1.82, 2.24) is 4.90 Å². The van der Waals surface area contributed by atoms with Crippen molar-refractivity contribution in [3.8, 4) is 0 Å². The van der Waals surface area contributed by atoms with E-state index in [0.29, 0.717) is 32.0 Å². The third-order valence-electron chi connectivity index (χ3n) is 6.38. The summed E-state index contributed by atoms with van der Waals surface area (Å²) in [5.74, 6) is -1.97. The number of halogens is 2. The van der Waals surface area contributed by atoms with E-state index in [1.807, 2.05) is 30.3 Å². The number of piperidine rings is 1. The van der Waals surface area contributed by atoms with Gasteiger partial charge in [-0.15, -0.1) is 0 Å². The molecule has 0 aromatic heterocycles. The Bertz CT molecular complexity index is 576. The summed E-state index contributed by atoms with van der Waals surface area (Å²) >= 11 is 0. The van der Waals surface area contributed by atoms with Crippen molar-refractivity contribution in [3.05, 3.63) is 30.3 Å². The summed E-state index contributed by atoms with van der Waals surface area (Å²) in [6, 6.07) is 9.99. The maximum atomic E-state index is 14.9. The second kappa shape index (κ2) is 6.84. The minimum atomic E-state index is -2.57. The molecule has 0 amide bonds. The van der Waals surface area contributed by atoms with E-state index < -0.39 is 11.3 Å². The zero-order valence-corrected chi connectivity index (χ0v) is 14.8. The molecule has 3 saturated heterocycles. The summed E-state index contributed by atoms with van der Waals surface area (Å²) in [6.45, 7) is 4.84. The number of hydrogen-bond acceptors (Lipinski definition) is 3. The van der Waals surface area contributed by atoms with Gasteiger partial charge in [0.25, 0.3) is 5.92 Å². The number of ether oxygens (including phenoxy) is 1. The van der Waals surface area contributed by atoms with Crippen molar-refractivity contribution in [2.45, 2.75) is 31.6 Å².